The average Bonchev–Trinajstić information content (AvgIpc) is 2.71. The summed E-state index contributed by atoms with van der Waals surface area (Å²) in [5.41, 5.74) is 0. The second-order valence-electron chi connectivity index (χ2n) is 4.62. The molecule has 2 rings (SSSR count). The maximum absolute atomic E-state index is 12.0. The number of likely N-dealkylation sites (tertiary alicyclic amines) is 1. The van der Waals surface area contributed by atoms with Gasteiger partial charge in [-0.1, -0.05) is 0 Å². The van der Waals surface area contributed by atoms with Crippen molar-refractivity contribution in [2.45, 2.75) is 38.6 Å². The summed E-state index contributed by atoms with van der Waals surface area (Å²) in [6.07, 6.45) is 4.61. The highest BCUT2D eigenvalue weighted by Gasteiger charge is 2.28. The van der Waals surface area contributed by atoms with E-state index in [1.807, 2.05) is 4.90 Å². The van der Waals surface area contributed by atoms with E-state index in [4.69, 9.17) is 0 Å². The average molecular weight is 196 g/mol. The highest BCUT2D eigenvalue weighted by molar-refractivity contribution is 5.79. The third-order valence-electron chi connectivity index (χ3n) is 3.43. The van der Waals surface area contributed by atoms with Gasteiger partial charge in [-0.25, -0.2) is 0 Å². The summed E-state index contributed by atoms with van der Waals surface area (Å²) >= 11 is 0. The van der Waals surface area contributed by atoms with Crippen molar-refractivity contribution in [2.24, 2.45) is 5.92 Å². The van der Waals surface area contributed by atoms with Crippen molar-refractivity contribution >= 4 is 5.91 Å². The molecule has 2 aliphatic rings. The zero-order valence-corrected chi connectivity index (χ0v) is 8.96. The van der Waals surface area contributed by atoms with Crippen LogP contribution in [0.25, 0.3) is 0 Å². The lowest BCUT2D eigenvalue weighted by atomic mass is 9.94. The van der Waals surface area contributed by atoms with Crippen LogP contribution in [-0.2, 0) is 4.79 Å². The van der Waals surface area contributed by atoms with Crippen molar-refractivity contribution in [1.29, 1.82) is 0 Å². The van der Waals surface area contributed by atoms with Crippen LogP contribution >= 0.6 is 0 Å². The minimum absolute atomic E-state index is 0.254. The number of amides is 1. The molecule has 0 aromatic heterocycles. The Morgan fingerprint density at radius 3 is 2.57 bits per heavy atom. The van der Waals surface area contributed by atoms with E-state index >= 15 is 0 Å². The SMILES string of the molecule is C[C@H]1CC[C@@H](C(=O)N2CCCC2)CN1. The lowest BCUT2D eigenvalue weighted by molar-refractivity contribution is -0.135. The van der Waals surface area contributed by atoms with E-state index in [0.717, 1.165) is 32.5 Å². The van der Waals surface area contributed by atoms with E-state index in [2.05, 4.69) is 12.2 Å². The quantitative estimate of drug-likeness (QED) is 0.678. The number of piperidine rings is 1. The van der Waals surface area contributed by atoms with Gasteiger partial charge >= 0.3 is 0 Å². The molecule has 2 heterocycles. The molecule has 2 fully saturated rings. The molecule has 2 saturated heterocycles. The van der Waals surface area contributed by atoms with Gasteiger partial charge in [-0.2, -0.15) is 0 Å². The molecule has 0 radical (unpaired) electrons. The molecule has 3 heteroatoms. The van der Waals surface area contributed by atoms with E-state index in [9.17, 15) is 4.79 Å². The number of carbonyl (C=O) groups excluding carboxylic acids is 1. The molecule has 0 aromatic carbocycles. The molecule has 1 amide bonds. The summed E-state index contributed by atoms with van der Waals surface area (Å²) in [6, 6.07) is 0.595. The summed E-state index contributed by atoms with van der Waals surface area (Å²) in [5, 5.41) is 3.39. The Morgan fingerprint density at radius 2 is 2.00 bits per heavy atom. The second kappa shape index (κ2) is 4.30. The number of hydrogen-bond acceptors (Lipinski definition) is 2. The summed E-state index contributed by atoms with van der Waals surface area (Å²) in [7, 11) is 0. The van der Waals surface area contributed by atoms with Crippen LogP contribution in [0.15, 0.2) is 0 Å². The number of nitrogens with one attached hydrogen (secondary N) is 1. The minimum atomic E-state index is 0.254. The lowest BCUT2D eigenvalue weighted by Gasteiger charge is -2.29. The van der Waals surface area contributed by atoms with Crippen LogP contribution in [0, 0.1) is 5.92 Å². The first kappa shape index (κ1) is 9.97. The molecule has 0 saturated carbocycles. The fraction of sp³-hybridized carbons (Fsp3) is 0.909. The molecule has 3 nitrogen and oxygen atoms in total. The molecule has 1 N–H and O–H groups in total. The van der Waals surface area contributed by atoms with Gasteiger partial charge in [-0.15, -0.1) is 0 Å². The van der Waals surface area contributed by atoms with Crippen LogP contribution in [0.2, 0.25) is 0 Å². The summed E-state index contributed by atoms with van der Waals surface area (Å²) in [5.74, 6) is 0.645. The predicted octanol–water partition coefficient (Wildman–Crippen LogP) is 0.997. The molecule has 0 bridgehead atoms. The molecule has 80 valence electrons. The van der Waals surface area contributed by atoms with Gasteiger partial charge in [0.15, 0.2) is 0 Å². The summed E-state index contributed by atoms with van der Waals surface area (Å²) < 4.78 is 0. The maximum atomic E-state index is 12.0. The molecule has 14 heavy (non-hydrogen) atoms. The van der Waals surface area contributed by atoms with Crippen LogP contribution < -0.4 is 5.32 Å². The van der Waals surface area contributed by atoms with Crippen molar-refractivity contribution in [3.63, 3.8) is 0 Å². The third kappa shape index (κ3) is 2.08. The van der Waals surface area contributed by atoms with E-state index < -0.39 is 0 Å². The van der Waals surface area contributed by atoms with Gasteiger partial charge in [-0.05, 0) is 32.6 Å². The molecule has 0 unspecified atom stereocenters. The molecule has 0 aliphatic carbocycles. The van der Waals surface area contributed by atoms with E-state index in [0.29, 0.717) is 11.9 Å². The van der Waals surface area contributed by atoms with E-state index in [-0.39, 0.29) is 5.92 Å². The topological polar surface area (TPSA) is 32.3 Å². The van der Waals surface area contributed by atoms with Crippen LogP contribution in [-0.4, -0.2) is 36.5 Å². The minimum Gasteiger partial charge on any atom is -0.342 e. The number of hydrogen-bond donors (Lipinski definition) is 1. The number of rotatable bonds is 1. The normalized spacial score (nSPS) is 33.4. The highest BCUT2D eigenvalue weighted by atomic mass is 16.2. The van der Waals surface area contributed by atoms with Gasteiger partial charge in [0.2, 0.25) is 5.91 Å². The van der Waals surface area contributed by atoms with Crippen LogP contribution in [0.5, 0.6) is 0 Å². The Hall–Kier alpha value is -0.570. The van der Waals surface area contributed by atoms with Crippen molar-refractivity contribution in [2.75, 3.05) is 19.6 Å². The van der Waals surface area contributed by atoms with Crippen molar-refractivity contribution in [3.8, 4) is 0 Å². The molecule has 0 spiro atoms. The fourth-order valence-corrected chi connectivity index (χ4v) is 2.41. The molecular weight excluding hydrogens is 176 g/mol. The van der Waals surface area contributed by atoms with E-state index in [1.54, 1.807) is 0 Å². The zero-order valence-electron chi connectivity index (χ0n) is 8.96. The monoisotopic (exact) mass is 196 g/mol. The van der Waals surface area contributed by atoms with Crippen LogP contribution in [0.1, 0.15) is 32.6 Å². The predicted molar refractivity (Wildman–Crippen MR) is 56.0 cm³/mol. The maximum Gasteiger partial charge on any atom is 0.226 e. The summed E-state index contributed by atoms with van der Waals surface area (Å²) in [6.45, 7) is 5.06. The van der Waals surface area contributed by atoms with Gasteiger partial charge in [0.1, 0.15) is 0 Å². The Bertz CT molecular complexity index is 203. The Labute approximate surface area is 85.8 Å². The first-order chi connectivity index (χ1) is 6.77. The van der Waals surface area contributed by atoms with Crippen molar-refractivity contribution < 1.29 is 4.79 Å². The number of carbonyl (C=O) groups is 1. The van der Waals surface area contributed by atoms with Gasteiger partial charge < -0.3 is 10.2 Å². The van der Waals surface area contributed by atoms with Gasteiger partial charge in [-0.3, -0.25) is 4.79 Å². The second-order valence-corrected chi connectivity index (χ2v) is 4.62. The zero-order chi connectivity index (χ0) is 9.97. The van der Waals surface area contributed by atoms with E-state index in [1.165, 1.54) is 12.8 Å². The number of nitrogens with zero attached hydrogens (tertiary/aromatic N) is 1. The Morgan fingerprint density at radius 1 is 1.29 bits per heavy atom. The smallest absolute Gasteiger partial charge is 0.226 e. The lowest BCUT2D eigenvalue weighted by Crippen LogP contribution is -2.44. The van der Waals surface area contributed by atoms with Crippen LogP contribution in [0.4, 0.5) is 0 Å². The summed E-state index contributed by atoms with van der Waals surface area (Å²) in [4.78, 5) is 14.0. The first-order valence-corrected chi connectivity index (χ1v) is 5.79. The molecular formula is C11H20N2O. The Balaban J connectivity index is 1.85. The Kier molecular flexibility index (Phi) is 3.06. The molecule has 2 atom stereocenters. The standard InChI is InChI=1S/C11H20N2O/c1-9-4-5-10(8-12-9)11(14)13-6-2-3-7-13/h9-10,12H,2-8H2,1H3/t9-,10+/m0/s1. The highest BCUT2D eigenvalue weighted by Crippen LogP contribution is 2.19. The first-order valence-electron chi connectivity index (χ1n) is 5.79. The fourth-order valence-electron chi connectivity index (χ4n) is 2.41. The molecule has 2 aliphatic heterocycles. The third-order valence-corrected chi connectivity index (χ3v) is 3.43. The molecule has 0 aromatic rings. The van der Waals surface area contributed by atoms with Crippen LogP contribution in [0.3, 0.4) is 0 Å². The van der Waals surface area contributed by atoms with Gasteiger partial charge in [0, 0.05) is 25.7 Å². The van der Waals surface area contributed by atoms with Gasteiger partial charge in [0.05, 0.1) is 5.92 Å². The largest absolute Gasteiger partial charge is 0.342 e. The van der Waals surface area contributed by atoms with Crippen molar-refractivity contribution in [1.82, 2.24) is 10.2 Å². The van der Waals surface area contributed by atoms with Crippen molar-refractivity contribution in [3.05, 3.63) is 0 Å². The van der Waals surface area contributed by atoms with Gasteiger partial charge in [0.25, 0.3) is 0 Å².